The van der Waals surface area contributed by atoms with Crippen molar-refractivity contribution in [1.82, 2.24) is 5.32 Å². The molecular formula is C25H48N2O3. The minimum absolute atomic E-state index is 0.202. The van der Waals surface area contributed by atoms with Crippen molar-refractivity contribution >= 4 is 5.91 Å². The first-order valence-corrected chi connectivity index (χ1v) is 12.9. The van der Waals surface area contributed by atoms with E-state index in [1.54, 1.807) is 0 Å². The molecule has 176 valence electrons. The number of carbonyl (C=O) groups is 1. The number of unbranched alkanes of at least 4 members (excludes halogenated alkanes) is 2. The Bertz CT molecular complexity index is 452. The highest BCUT2D eigenvalue weighted by Gasteiger charge is 2.32. The number of nitrogens with one attached hydrogen (secondary N) is 1. The molecule has 30 heavy (non-hydrogen) atoms. The first-order chi connectivity index (χ1) is 14.6. The number of amides is 1. The fraction of sp³-hybridized carbons (Fsp3) is 0.960. The highest BCUT2D eigenvalue weighted by Crippen LogP contribution is 2.32. The highest BCUT2D eigenvalue weighted by molar-refractivity contribution is 5.75. The molecule has 2 rings (SSSR count). The molecule has 3 atom stereocenters. The predicted octanol–water partition coefficient (Wildman–Crippen LogP) is 4.96. The molecule has 3 N–H and O–H groups in total. The number of nitrogens with two attached hydrogens (primary N) is 1. The number of hydrogen-bond donors (Lipinski definition) is 2. The van der Waals surface area contributed by atoms with Gasteiger partial charge in [-0.25, -0.2) is 0 Å². The van der Waals surface area contributed by atoms with E-state index in [1.165, 1.54) is 25.7 Å². The number of ether oxygens (including phenoxy) is 2. The second kappa shape index (κ2) is 15.2. The highest BCUT2D eigenvalue weighted by atomic mass is 16.5. The Labute approximate surface area is 185 Å². The third kappa shape index (κ3) is 10.1. The van der Waals surface area contributed by atoms with Gasteiger partial charge in [-0.3, -0.25) is 4.79 Å². The zero-order valence-corrected chi connectivity index (χ0v) is 19.7. The van der Waals surface area contributed by atoms with Gasteiger partial charge in [-0.15, -0.1) is 0 Å². The predicted molar refractivity (Wildman–Crippen MR) is 123 cm³/mol. The Morgan fingerprint density at radius 3 is 2.33 bits per heavy atom. The van der Waals surface area contributed by atoms with Gasteiger partial charge in [0.1, 0.15) is 0 Å². The lowest BCUT2D eigenvalue weighted by Crippen LogP contribution is -2.39. The summed E-state index contributed by atoms with van der Waals surface area (Å²) in [5.74, 6) is 1.54. The van der Waals surface area contributed by atoms with Gasteiger partial charge in [-0.1, -0.05) is 26.7 Å². The van der Waals surface area contributed by atoms with Crippen LogP contribution in [0, 0.1) is 11.8 Å². The lowest BCUT2D eigenvalue weighted by Gasteiger charge is -2.36. The molecule has 1 amide bonds. The van der Waals surface area contributed by atoms with Crippen molar-refractivity contribution in [2.75, 3.05) is 19.8 Å². The van der Waals surface area contributed by atoms with Gasteiger partial charge < -0.3 is 20.5 Å². The molecule has 5 nitrogen and oxygen atoms in total. The maximum Gasteiger partial charge on any atom is 0.220 e. The molecule has 2 fully saturated rings. The Balaban J connectivity index is 1.63. The summed E-state index contributed by atoms with van der Waals surface area (Å²) in [4.78, 5) is 12.3. The SMILES string of the molecule is CCCCCOC1CC(CCC(=O)NCCC2CCC(N)CC2)CCC1OCCC. The van der Waals surface area contributed by atoms with Crippen molar-refractivity contribution in [3.05, 3.63) is 0 Å². The summed E-state index contributed by atoms with van der Waals surface area (Å²) in [5, 5.41) is 3.15. The van der Waals surface area contributed by atoms with Crippen LogP contribution in [-0.2, 0) is 14.3 Å². The lowest BCUT2D eigenvalue weighted by molar-refractivity contribution is -0.122. The van der Waals surface area contributed by atoms with Gasteiger partial charge in [0.15, 0.2) is 0 Å². The van der Waals surface area contributed by atoms with Crippen LogP contribution in [0.15, 0.2) is 0 Å². The zero-order chi connectivity index (χ0) is 21.6. The molecule has 0 aromatic rings. The molecule has 0 aromatic heterocycles. The number of carbonyl (C=O) groups excluding carboxylic acids is 1. The summed E-state index contributed by atoms with van der Waals surface area (Å²) >= 11 is 0. The van der Waals surface area contributed by atoms with E-state index in [-0.39, 0.29) is 18.1 Å². The number of hydrogen-bond acceptors (Lipinski definition) is 4. The maximum absolute atomic E-state index is 12.3. The van der Waals surface area contributed by atoms with Crippen molar-refractivity contribution in [3.8, 4) is 0 Å². The van der Waals surface area contributed by atoms with Crippen LogP contribution in [0.1, 0.15) is 104 Å². The summed E-state index contributed by atoms with van der Waals surface area (Å²) < 4.78 is 12.3. The first-order valence-electron chi connectivity index (χ1n) is 12.9. The van der Waals surface area contributed by atoms with Crippen LogP contribution in [0.5, 0.6) is 0 Å². The topological polar surface area (TPSA) is 73.6 Å². The number of rotatable bonds is 14. The summed E-state index contributed by atoms with van der Waals surface area (Å²) in [6.45, 7) is 6.85. The van der Waals surface area contributed by atoms with Crippen molar-refractivity contribution in [2.45, 2.75) is 122 Å². The van der Waals surface area contributed by atoms with E-state index in [1.807, 2.05) is 0 Å². The lowest BCUT2D eigenvalue weighted by atomic mass is 9.82. The van der Waals surface area contributed by atoms with Crippen LogP contribution in [0.2, 0.25) is 0 Å². The maximum atomic E-state index is 12.3. The smallest absolute Gasteiger partial charge is 0.220 e. The second-order valence-electron chi connectivity index (χ2n) is 9.66. The Hall–Kier alpha value is -0.650. The Kier molecular flexibility index (Phi) is 13.0. The fourth-order valence-corrected chi connectivity index (χ4v) is 4.98. The van der Waals surface area contributed by atoms with Crippen molar-refractivity contribution in [3.63, 3.8) is 0 Å². The van der Waals surface area contributed by atoms with Crippen LogP contribution in [-0.4, -0.2) is 43.9 Å². The second-order valence-corrected chi connectivity index (χ2v) is 9.66. The van der Waals surface area contributed by atoms with Gasteiger partial charge in [-0.2, -0.15) is 0 Å². The van der Waals surface area contributed by atoms with Gasteiger partial charge in [-0.05, 0) is 82.5 Å². The van der Waals surface area contributed by atoms with Crippen LogP contribution >= 0.6 is 0 Å². The largest absolute Gasteiger partial charge is 0.376 e. The molecule has 0 heterocycles. The minimum Gasteiger partial charge on any atom is -0.376 e. The van der Waals surface area contributed by atoms with Crippen LogP contribution < -0.4 is 11.1 Å². The molecule has 0 bridgehead atoms. The molecule has 0 spiro atoms. The van der Waals surface area contributed by atoms with Crippen molar-refractivity contribution in [2.24, 2.45) is 17.6 Å². The van der Waals surface area contributed by atoms with Crippen LogP contribution in [0.25, 0.3) is 0 Å². The van der Waals surface area contributed by atoms with Gasteiger partial charge in [0.2, 0.25) is 5.91 Å². The average molecular weight is 425 g/mol. The molecular weight excluding hydrogens is 376 g/mol. The molecule has 2 saturated carbocycles. The van der Waals surface area contributed by atoms with Gasteiger partial charge in [0.25, 0.3) is 0 Å². The molecule has 0 radical (unpaired) electrons. The third-order valence-corrected chi connectivity index (χ3v) is 7.00. The van der Waals surface area contributed by atoms with E-state index in [9.17, 15) is 4.79 Å². The fourth-order valence-electron chi connectivity index (χ4n) is 4.98. The van der Waals surface area contributed by atoms with Gasteiger partial charge in [0, 0.05) is 32.2 Å². The van der Waals surface area contributed by atoms with E-state index in [0.29, 0.717) is 18.4 Å². The van der Waals surface area contributed by atoms with Crippen LogP contribution in [0.4, 0.5) is 0 Å². The zero-order valence-electron chi connectivity index (χ0n) is 19.7. The van der Waals surface area contributed by atoms with Gasteiger partial charge >= 0.3 is 0 Å². The van der Waals surface area contributed by atoms with E-state index in [4.69, 9.17) is 15.2 Å². The molecule has 0 aromatic carbocycles. The summed E-state index contributed by atoms with van der Waals surface area (Å²) in [5.41, 5.74) is 5.98. The standard InChI is InChI=1S/C25H48N2O3/c1-3-5-6-18-30-24-19-21(9-13-23(24)29-17-4-2)10-14-25(28)27-16-15-20-7-11-22(26)12-8-20/h20-24H,3-19,26H2,1-2H3,(H,27,28). The average Bonchev–Trinajstić information content (AvgIpc) is 2.76. The third-order valence-electron chi connectivity index (χ3n) is 7.00. The molecule has 0 saturated heterocycles. The normalized spacial score (nSPS) is 29.6. The van der Waals surface area contributed by atoms with E-state index < -0.39 is 0 Å². The first kappa shape index (κ1) is 25.6. The Morgan fingerprint density at radius 1 is 0.867 bits per heavy atom. The Morgan fingerprint density at radius 2 is 1.60 bits per heavy atom. The molecule has 2 aliphatic carbocycles. The summed E-state index contributed by atoms with van der Waals surface area (Å²) in [7, 11) is 0. The summed E-state index contributed by atoms with van der Waals surface area (Å²) in [6, 6.07) is 0.401. The van der Waals surface area contributed by atoms with E-state index in [0.717, 1.165) is 83.5 Å². The molecule has 2 aliphatic rings. The van der Waals surface area contributed by atoms with E-state index in [2.05, 4.69) is 19.2 Å². The summed E-state index contributed by atoms with van der Waals surface area (Å²) in [6.07, 6.45) is 15.8. The quantitative estimate of drug-likeness (QED) is 0.387. The van der Waals surface area contributed by atoms with Crippen molar-refractivity contribution in [1.29, 1.82) is 0 Å². The van der Waals surface area contributed by atoms with E-state index >= 15 is 0 Å². The van der Waals surface area contributed by atoms with Gasteiger partial charge in [0.05, 0.1) is 12.2 Å². The molecule has 5 heteroatoms. The minimum atomic E-state index is 0.202. The monoisotopic (exact) mass is 424 g/mol. The molecule has 3 unspecified atom stereocenters. The van der Waals surface area contributed by atoms with Crippen LogP contribution in [0.3, 0.4) is 0 Å². The van der Waals surface area contributed by atoms with Crippen molar-refractivity contribution < 1.29 is 14.3 Å². The molecule has 0 aliphatic heterocycles.